The first kappa shape index (κ1) is 25.5. The Kier molecular flexibility index (Phi) is 7.40. The molecule has 1 N–H and O–H groups in total. The van der Waals surface area contributed by atoms with Crippen molar-refractivity contribution < 1.29 is 9.53 Å². The van der Waals surface area contributed by atoms with Gasteiger partial charge in [-0.3, -0.25) is 14.2 Å². The number of thioether (sulfide) groups is 1. The summed E-state index contributed by atoms with van der Waals surface area (Å²) in [5.74, 6) is 0.768. The smallest absolute Gasteiger partial charge is 0.267 e. The lowest BCUT2D eigenvalue weighted by atomic mass is 9.97. The van der Waals surface area contributed by atoms with E-state index in [1.54, 1.807) is 15.9 Å². The highest BCUT2D eigenvalue weighted by Gasteiger charge is 2.23. The molecule has 2 aromatic carbocycles. The molecular formula is C29H31N3O3S2. The highest BCUT2D eigenvalue weighted by Crippen LogP contribution is 2.35. The van der Waals surface area contributed by atoms with Crippen molar-refractivity contribution in [2.75, 3.05) is 17.7 Å². The van der Waals surface area contributed by atoms with Crippen molar-refractivity contribution in [2.24, 2.45) is 0 Å². The van der Waals surface area contributed by atoms with Crippen LogP contribution >= 0.6 is 23.1 Å². The molecule has 1 aliphatic carbocycles. The number of thiophene rings is 1. The van der Waals surface area contributed by atoms with Gasteiger partial charge in [-0.1, -0.05) is 29.5 Å². The first-order valence-corrected chi connectivity index (χ1v) is 14.5. The van der Waals surface area contributed by atoms with Crippen LogP contribution in [0.3, 0.4) is 0 Å². The van der Waals surface area contributed by atoms with Crippen LogP contribution in [-0.2, 0) is 17.6 Å². The van der Waals surface area contributed by atoms with Gasteiger partial charge in [-0.25, -0.2) is 4.98 Å². The molecule has 1 amide bonds. The van der Waals surface area contributed by atoms with Crippen LogP contribution in [0.5, 0.6) is 5.75 Å². The number of nitrogens with one attached hydrogen (secondary N) is 1. The maximum Gasteiger partial charge on any atom is 0.267 e. The van der Waals surface area contributed by atoms with Crippen molar-refractivity contribution in [3.05, 3.63) is 73.9 Å². The molecule has 8 heteroatoms. The molecule has 0 saturated carbocycles. The second-order valence-electron chi connectivity index (χ2n) is 9.46. The molecule has 0 atom stereocenters. The van der Waals surface area contributed by atoms with Gasteiger partial charge in [0.25, 0.3) is 5.56 Å². The molecule has 4 aromatic rings. The predicted octanol–water partition coefficient (Wildman–Crippen LogP) is 6.38. The number of hydrogen-bond donors (Lipinski definition) is 1. The Morgan fingerprint density at radius 3 is 2.51 bits per heavy atom. The van der Waals surface area contributed by atoms with Gasteiger partial charge in [0.2, 0.25) is 5.91 Å². The lowest BCUT2D eigenvalue weighted by Gasteiger charge is -2.15. The molecule has 0 fully saturated rings. The van der Waals surface area contributed by atoms with Crippen molar-refractivity contribution in [2.45, 2.75) is 58.5 Å². The Balaban J connectivity index is 1.51. The summed E-state index contributed by atoms with van der Waals surface area (Å²) in [6, 6.07) is 11.6. The van der Waals surface area contributed by atoms with E-state index in [1.807, 2.05) is 52.0 Å². The number of carbonyl (C=O) groups excluding carboxylic acids is 1. The van der Waals surface area contributed by atoms with Gasteiger partial charge in [-0.15, -0.1) is 11.3 Å². The third kappa shape index (κ3) is 5.18. The van der Waals surface area contributed by atoms with Crippen LogP contribution in [0.1, 0.15) is 46.9 Å². The maximum atomic E-state index is 13.9. The van der Waals surface area contributed by atoms with E-state index in [1.165, 1.54) is 16.6 Å². The van der Waals surface area contributed by atoms with Crippen LogP contribution in [0, 0.1) is 20.8 Å². The number of benzene rings is 2. The summed E-state index contributed by atoms with van der Waals surface area (Å²) in [5.41, 5.74) is 5.88. The van der Waals surface area contributed by atoms with Crippen LogP contribution in [-0.4, -0.2) is 27.8 Å². The number of aryl methyl sites for hydroxylation is 5. The summed E-state index contributed by atoms with van der Waals surface area (Å²) in [6.45, 7) is 8.56. The van der Waals surface area contributed by atoms with E-state index in [0.717, 1.165) is 69.6 Å². The van der Waals surface area contributed by atoms with E-state index >= 15 is 0 Å². The monoisotopic (exact) mass is 533 g/mol. The average Bonchev–Trinajstić information content (AvgIpc) is 3.24. The summed E-state index contributed by atoms with van der Waals surface area (Å²) < 4.78 is 7.24. The third-order valence-corrected chi connectivity index (χ3v) is 8.76. The third-order valence-electron chi connectivity index (χ3n) is 6.64. The van der Waals surface area contributed by atoms with Gasteiger partial charge in [0.15, 0.2) is 5.16 Å². The molecule has 0 radical (unpaired) electrons. The van der Waals surface area contributed by atoms with Crippen LogP contribution in [0.25, 0.3) is 15.9 Å². The highest BCUT2D eigenvalue weighted by molar-refractivity contribution is 7.99. The van der Waals surface area contributed by atoms with Gasteiger partial charge in [-0.2, -0.15) is 0 Å². The van der Waals surface area contributed by atoms with Crippen molar-refractivity contribution in [3.8, 4) is 11.4 Å². The Labute approximate surface area is 225 Å². The van der Waals surface area contributed by atoms with E-state index in [2.05, 4.69) is 17.4 Å². The number of ether oxygens (including phenoxy) is 1. The number of anilines is 1. The summed E-state index contributed by atoms with van der Waals surface area (Å²) in [6.07, 6.45) is 4.15. The second-order valence-corrected chi connectivity index (χ2v) is 11.5. The molecule has 6 nitrogen and oxygen atoms in total. The number of hydrogen-bond acceptors (Lipinski definition) is 6. The SMILES string of the molecule is CCOc1ccc(-n2c(SCC(=O)Nc3c(C)cc(C)cc3C)nc3sc4c(c3c2=O)CCCC4)cc1. The molecule has 1 aliphatic rings. The van der Waals surface area contributed by atoms with E-state index < -0.39 is 0 Å². The second kappa shape index (κ2) is 10.7. The normalized spacial score (nSPS) is 13.0. The van der Waals surface area contributed by atoms with Crippen molar-refractivity contribution in [1.82, 2.24) is 9.55 Å². The molecule has 37 heavy (non-hydrogen) atoms. The fourth-order valence-electron chi connectivity index (χ4n) is 5.05. The molecule has 192 valence electrons. The molecule has 0 unspecified atom stereocenters. The Morgan fingerprint density at radius 2 is 1.81 bits per heavy atom. The maximum absolute atomic E-state index is 13.9. The quantitative estimate of drug-likeness (QED) is 0.220. The standard InChI is InChI=1S/C29H31N3O3S2/c1-5-35-21-12-10-20(11-13-21)32-28(34)25-22-8-6-7-9-23(22)37-27(25)31-29(32)36-16-24(33)30-26-18(3)14-17(2)15-19(26)4/h10-15H,5-9,16H2,1-4H3,(H,30,33). The van der Waals surface area contributed by atoms with Gasteiger partial charge in [0, 0.05) is 10.6 Å². The Morgan fingerprint density at radius 1 is 1.11 bits per heavy atom. The van der Waals surface area contributed by atoms with Gasteiger partial charge in [0.1, 0.15) is 10.6 Å². The fourth-order valence-corrected chi connectivity index (χ4v) is 7.17. The van der Waals surface area contributed by atoms with Gasteiger partial charge < -0.3 is 10.1 Å². The first-order chi connectivity index (χ1) is 17.9. The molecule has 0 bridgehead atoms. The molecule has 2 heterocycles. The Hall–Kier alpha value is -3.10. The van der Waals surface area contributed by atoms with Crippen LogP contribution in [0.15, 0.2) is 46.3 Å². The van der Waals surface area contributed by atoms with Crippen LogP contribution in [0.2, 0.25) is 0 Å². The van der Waals surface area contributed by atoms with Gasteiger partial charge in [-0.05, 0) is 94.3 Å². The lowest BCUT2D eigenvalue weighted by molar-refractivity contribution is -0.113. The number of amides is 1. The molecule has 2 aromatic heterocycles. The van der Waals surface area contributed by atoms with Gasteiger partial charge in [0.05, 0.1) is 23.4 Å². The summed E-state index contributed by atoms with van der Waals surface area (Å²) in [4.78, 5) is 33.9. The minimum Gasteiger partial charge on any atom is -0.494 e. The zero-order valence-electron chi connectivity index (χ0n) is 21.6. The van der Waals surface area contributed by atoms with Crippen molar-refractivity contribution in [3.63, 3.8) is 0 Å². The zero-order chi connectivity index (χ0) is 26.1. The minimum absolute atomic E-state index is 0.0679. The topological polar surface area (TPSA) is 73.2 Å². The molecule has 0 aliphatic heterocycles. The summed E-state index contributed by atoms with van der Waals surface area (Å²) in [7, 11) is 0. The van der Waals surface area contributed by atoms with Crippen LogP contribution in [0.4, 0.5) is 5.69 Å². The average molecular weight is 534 g/mol. The molecule has 0 spiro atoms. The zero-order valence-corrected chi connectivity index (χ0v) is 23.3. The number of fused-ring (bicyclic) bond motifs is 3. The van der Waals surface area contributed by atoms with Crippen molar-refractivity contribution in [1.29, 1.82) is 0 Å². The van der Waals surface area contributed by atoms with E-state index in [9.17, 15) is 9.59 Å². The number of carbonyl (C=O) groups is 1. The van der Waals surface area contributed by atoms with Crippen LogP contribution < -0.4 is 15.6 Å². The van der Waals surface area contributed by atoms with E-state index in [4.69, 9.17) is 9.72 Å². The van der Waals surface area contributed by atoms with Crippen molar-refractivity contribution >= 4 is 44.9 Å². The van der Waals surface area contributed by atoms with Gasteiger partial charge >= 0.3 is 0 Å². The minimum atomic E-state index is -0.127. The van der Waals surface area contributed by atoms with E-state index in [0.29, 0.717) is 17.5 Å². The summed E-state index contributed by atoms with van der Waals surface area (Å²) in [5, 5.41) is 4.31. The number of rotatable bonds is 7. The summed E-state index contributed by atoms with van der Waals surface area (Å²) >= 11 is 2.91. The molecular weight excluding hydrogens is 502 g/mol. The molecule has 5 rings (SSSR count). The first-order valence-electron chi connectivity index (χ1n) is 12.7. The molecule has 0 saturated heterocycles. The number of nitrogens with zero attached hydrogens (tertiary/aromatic N) is 2. The lowest BCUT2D eigenvalue weighted by Crippen LogP contribution is -2.23. The highest BCUT2D eigenvalue weighted by atomic mass is 32.2. The number of aromatic nitrogens is 2. The predicted molar refractivity (Wildman–Crippen MR) is 153 cm³/mol. The Bertz CT molecular complexity index is 1510. The largest absolute Gasteiger partial charge is 0.494 e. The fraction of sp³-hybridized carbons (Fsp3) is 0.345. The van der Waals surface area contributed by atoms with E-state index in [-0.39, 0.29) is 17.2 Å².